The molecule has 3 aromatic rings. The van der Waals surface area contributed by atoms with Crippen molar-refractivity contribution >= 4 is 28.7 Å². The molecule has 3 N–H and O–H groups in total. The third kappa shape index (κ3) is 4.44. The van der Waals surface area contributed by atoms with Gasteiger partial charge in [-0.25, -0.2) is 4.98 Å². The monoisotopic (exact) mass is 538 g/mol. The van der Waals surface area contributed by atoms with Crippen molar-refractivity contribution in [2.24, 2.45) is 11.3 Å². The normalized spacial score (nSPS) is 23.6. The summed E-state index contributed by atoms with van der Waals surface area (Å²) >= 11 is 0. The molecule has 0 radical (unpaired) electrons. The second-order valence-electron chi connectivity index (χ2n) is 11.8. The van der Waals surface area contributed by atoms with Crippen molar-refractivity contribution in [2.75, 3.05) is 37.7 Å². The van der Waals surface area contributed by atoms with Crippen LogP contribution in [0, 0.1) is 11.3 Å². The molecule has 2 atom stereocenters. The molecule has 1 aromatic carbocycles. The number of likely N-dealkylation sites (tertiary alicyclic amines) is 2. The highest BCUT2D eigenvalue weighted by atomic mass is 19.3. The van der Waals surface area contributed by atoms with Gasteiger partial charge >= 0.3 is 6.61 Å². The first-order chi connectivity index (χ1) is 18.8. The van der Waals surface area contributed by atoms with Gasteiger partial charge in [0.15, 0.2) is 5.82 Å². The molecule has 1 spiro atoms. The standard InChI is InChI=1S/C27H32F2N8O2/c1-35-13-19-7-18(35)14-36(19)24(38)16-2-3-17(21(6-16)39-25(28)29)12-37-22-20(11-32-37)33-26(30)34-23(22)31-10-15-8-27(9-15)4-5-27/h2-3,6,11,15,18-19,25H,4-5,7-10,12-14H2,1H3,(H3,30,31,33,34)/t18-,19-/m1/s1. The molecule has 12 heteroatoms. The molecule has 2 aromatic heterocycles. The Morgan fingerprint density at radius 1 is 1.23 bits per heavy atom. The van der Waals surface area contributed by atoms with Gasteiger partial charge < -0.3 is 20.7 Å². The molecule has 7 rings (SSSR count). The smallest absolute Gasteiger partial charge is 0.387 e. The quantitative estimate of drug-likeness (QED) is 0.450. The lowest BCUT2D eigenvalue weighted by molar-refractivity contribution is -0.0505. The number of likely N-dealkylation sites (N-methyl/N-ethyl adjacent to an activating group) is 1. The Labute approximate surface area is 224 Å². The van der Waals surface area contributed by atoms with Gasteiger partial charge in [0.2, 0.25) is 5.95 Å². The molecular formula is C27H32F2N8O2. The van der Waals surface area contributed by atoms with E-state index in [2.05, 4.69) is 32.3 Å². The Kier molecular flexibility index (Phi) is 5.66. The first-order valence-electron chi connectivity index (χ1n) is 13.6. The summed E-state index contributed by atoms with van der Waals surface area (Å²) in [4.78, 5) is 26.1. The van der Waals surface area contributed by atoms with Crippen LogP contribution >= 0.6 is 0 Å². The van der Waals surface area contributed by atoms with Gasteiger partial charge in [-0.3, -0.25) is 14.4 Å². The lowest BCUT2D eigenvalue weighted by Crippen LogP contribution is -2.47. The van der Waals surface area contributed by atoms with Crippen LogP contribution in [0.15, 0.2) is 24.4 Å². The first kappa shape index (κ1) is 24.5. The van der Waals surface area contributed by atoms with Gasteiger partial charge in [0.25, 0.3) is 5.91 Å². The summed E-state index contributed by atoms with van der Waals surface area (Å²) in [5, 5.41) is 7.89. The number of halogens is 2. The molecule has 39 heavy (non-hydrogen) atoms. The number of ether oxygens (including phenoxy) is 1. The number of carbonyl (C=O) groups excluding carboxylic acids is 1. The molecule has 2 aliphatic carbocycles. The van der Waals surface area contributed by atoms with E-state index in [1.807, 2.05) is 4.90 Å². The zero-order valence-electron chi connectivity index (χ0n) is 21.8. The molecule has 4 fully saturated rings. The van der Waals surface area contributed by atoms with Gasteiger partial charge in [-0.05, 0) is 62.6 Å². The zero-order chi connectivity index (χ0) is 26.9. The maximum absolute atomic E-state index is 13.4. The zero-order valence-corrected chi connectivity index (χ0v) is 21.8. The summed E-state index contributed by atoms with van der Waals surface area (Å²) < 4.78 is 33.4. The number of benzene rings is 1. The molecule has 10 nitrogen and oxygen atoms in total. The summed E-state index contributed by atoms with van der Waals surface area (Å²) in [5.41, 5.74) is 8.57. The Morgan fingerprint density at radius 2 is 2.05 bits per heavy atom. The van der Waals surface area contributed by atoms with Crippen molar-refractivity contribution in [1.82, 2.24) is 29.5 Å². The molecule has 0 unspecified atom stereocenters. The van der Waals surface area contributed by atoms with Crippen LogP contribution in [0.4, 0.5) is 20.5 Å². The molecular weight excluding hydrogens is 506 g/mol. The SMILES string of the molecule is CN1C[C@H]2C[C@@H]1CN2C(=O)c1ccc(Cn2ncc3nc(N)nc(NCC4CC5(CC5)C4)c32)c(OC(F)F)c1. The lowest BCUT2D eigenvalue weighted by Gasteiger charge is -2.36. The van der Waals surface area contributed by atoms with Gasteiger partial charge in [0.1, 0.15) is 16.8 Å². The second kappa shape index (κ2) is 9.00. The third-order valence-electron chi connectivity index (χ3n) is 9.09. The Balaban J connectivity index is 1.14. The fourth-order valence-electron chi connectivity index (χ4n) is 6.86. The average Bonchev–Trinajstić information content (AvgIpc) is 3.21. The van der Waals surface area contributed by atoms with Crippen LogP contribution in [-0.2, 0) is 6.54 Å². The Bertz CT molecular complexity index is 1430. The van der Waals surface area contributed by atoms with Gasteiger partial charge in [-0.2, -0.15) is 18.9 Å². The maximum Gasteiger partial charge on any atom is 0.387 e. The number of amides is 1. The van der Waals surface area contributed by atoms with E-state index >= 15 is 0 Å². The van der Waals surface area contributed by atoms with Crippen LogP contribution in [0.2, 0.25) is 0 Å². The van der Waals surface area contributed by atoms with E-state index in [1.54, 1.807) is 23.0 Å². The molecule has 2 saturated heterocycles. The number of nitrogens with two attached hydrogens (primary N) is 1. The molecule has 1 amide bonds. The second-order valence-corrected chi connectivity index (χ2v) is 11.8. The van der Waals surface area contributed by atoms with Crippen LogP contribution in [0.3, 0.4) is 0 Å². The largest absolute Gasteiger partial charge is 0.434 e. The molecule has 2 aliphatic heterocycles. The van der Waals surface area contributed by atoms with E-state index in [9.17, 15) is 13.6 Å². The molecule has 4 heterocycles. The number of aromatic nitrogens is 4. The molecule has 4 aliphatic rings. The number of carbonyl (C=O) groups is 1. The van der Waals surface area contributed by atoms with Gasteiger partial charge in [-0.15, -0.1) is 0 Å². The van der Waals surface area contributed by atoms with Crippen LogP contribution in [0.25, 0.3) is 11.0 Å². The maximum atomic E-state index is 13.4. The minimum Gasteiger partial charge on any atom is -0.434 e. The van der Waals surface area contributed by atoms with Crippen molar-refractivity contribution in [3.63, 3.8) is 0 Å². The summed E-state index contributed by atoms with van der Waals surface area (Å²) in [5.74, 6) is 1.10. The summed E-state index contributed by atoms with van der Waals surface area (Å²) in [6.07, 6.45) is 7.68. The number of hydrogen-bond acceptors (Lipinski definition) is 8. The highest BCUT2D eigenvalue weighted by molar-refractivity contribution is 5.95. The fourth-order valence-corrected chi connectivity index (χ4v) is 6.86. The van der Waals surface area contributed by atoms with E-state index in [-0.39, 0.29) is 30.2 Å². The van der Waals surface area contributed by atoms with Crippen molar-refractivity contribution in [2.45, 2.75) is 57.3 Å². The number of nitrogens with zero attached hydrogens (tertiary/aromatic N) is 6. The molecule has 2 bridgehead atoms. The average molecular weight is 539 g/mol. The number of piperazine rings is 1. The summed E-state index contributed by atoms with van der Waals surface area (Å²) in [6, 6.07) is 5.25. The molecule has 206 valence electrons. The van der Waals surface area contributed by atoms with Crippen LogP contribution < -0.4 is 15.8 Å². The van der Waals surface area contributed by atoms with E-state index in [4.69, 9.17) is 10.5 Å². The Hall–Kier alpha value is -3.54. The van der Waals surface area contributed by atoms with E-state index < -0.39 is 6.61 Å². The number of rotatable bonds is 8. The van der Waals surface area contributed by atoms with Crippen LogP contribution in [0.1, 0.15) is 48.0 Å². The van der Waals surface area contributed by atoms with Crippen molar-refractivity contribution in [3.8, 4) is 5.75 Å². The predicted molar refractivity (Wildman–Crippen MR) is 141 cm³/mol. The van der Waals surface area contributed by atoms with Gasteiger partial charge in [-0.1, -0.05) is 6.07 Å². The number of nitrogen functional groups attached to an aromatic ring is 1. The van der Waals surface area contributed by atoms with Crippen LogP contribution in [0.5, 0.6) is 5.75 Å². The summed E-state index contributed by atoms with van der Waals surface area (Å²) in [7, 11) is 2.06. The minimum atomic E-state index is -3.03. The fraction of sp³-hybridized carbons (Fsp3) is 0.556. The van der Waals surface area contributed by atoms with E-state index in [0.29, 0.717) is 51.9 Å². The van der Waals surface area contributed by atoms with E-state index in [1.165, 1.54) is 31.7 Å². The van der Waals surface area contributed by atoms with Gasteiger partial charge in [0, 0.05) is 42.8 Å². The lowest BCUT2D eigenvalue weighted by atomic mass is 9.72. The number of hydrogen-bond donors (Lipinski definition) is 2. The number of anilines is 2. The van der Waals surface area contributed by atoms with Crippen molar-refractivity contribution in [1.29, 1.82) is 0 Å². The van der Waals surface area contributed by atoms with Crippen molar-refractivity contribution in [3.05, 3.63) is 35.5 Å². The summed E-state index contributed by atoms with van der Waals surface area (Å²) in [6.45, 7) is -0.646. The minimum absolute atomic E-state index is 0.0453. The third-order valence-corrected chi connectivity index (χ3v) is 9.09. The first-order valence-corrected chi connectivity index (χ1v) is 13.6. The van der Waals surface area contributed by atoms with E-state index in [0.717, 1.165) is 19.5 Å². The number of fused-ring (bicyclic) bond motifs is 3. The van der Waals surface area contributed by atoms with Crippen LogP contribution in [-0.4, -0.2) is 80.8 Å². The highest BCUT2D eigenvalue weighted by Crippen LogP contribution is 2.63. The predicted octanol–water partition coefficient (Wildman–Crippen LogP) is 3.19. The number of nitrogens with one attached hydrogen (secondary N) is 1. The van der Waals surface area contributed by atoms with Crippen molar-refractivity contribution < 1.29 is 18.3 Å². The molecule has 2 saturated carbocycles. The van der Waals surface area contributed by atoms with Gasteiger partial charge in [0.05, 0.1) is 12.7 Å². The Morgan fingerprint density at radius 3 is 2.74 bits per heavy atom. The highest BCUT2D eigenvalue weighted by Gasteiger charge is 2.52. The topological polar surface area (TPSA) is 114 Å². The number of alkyl halides is 2.